The van der Waals surface area contributed by atoms with Gasteiger partial charge in [-0.25, -0.2) is 0 Å². The zero-order chi connectivity index (χ0) is 11.6. The largest absolute Gasteiger partial charge is 0.300 e. The van der Waals surface area contributed by atoms with Gasteiger partial charge in [0.15, 0.2) is 0 Å². The molecule has 15 heavy (non-hydrogen) atoms. The van der Waals surface area contributed by atoms with Gasteiger partial charge in [0.05, 0.1) is 0 Å². The van der Waals surface area contributed by atoms with Gasteiger partial charge in [-0.3, -0.25) is 9.69 Å². The van der Waals surface area contributed by atoms with E-state index in [1.807, 2.05) is 0 Å². The molecular formula is C13H25NO. The monoisotopic (exact) mass is 211 g/mol. The number of likely N-dealkylation sites (tertiary alicyclic amines) is 1. The van der Waals surface area contributed by atoms with Crippen LogP contribution in [-0.2, 0) is 4.79 Å². The summed E-state index contributed by atoms with van der Waals surface area (Å²) < 4.78 is 0. The van der Waals surface area contributed by atoms with Gasteiger partial charge in [0.1, 0.15) is 5.78 Å². The van der Waals surface area contributed by atoms with E-state index in [9.17, 15) is 4.79 Å². The van der Waals surface area contributed by atoms with Crippen molar-refractivity contribution in [3.8, 4) is 0 Å². The van der Waals surface area contributed by atoms with Crippen LogP contribution in [0.5, 0.6) is 0 Å². The molecule has 1 aliphatic heterocycles. The molecule has 2 nitrogen and oxygen atoms in total. The van der Waals surface area contributed by atoms with E-state index >= 15 is 0 Å². The van der Waals surface area contributed by atoms with E-state index in [-0.39, 0.29) is 0 Å². The number of nitrogens with zero attached hydrogens (tertiary/aromatic N) is 1. The van der Waals surface area contributed by atoms with Crippen LogP contribution in [0.15, 0.2) is 0 Å². The summed E-state index contributed by atoms with van der Waals surface area (Å²) in [5, 5.41) is 0. The van der Waals surface area contributed by atoms with Gasteiger partial charge < -0.3 is 0 Å². The van der Waals surface area contributed by atoms with Crippen molar-refractivity contribution >= 4 is 5.78 Å². The van der Waals surface area contributed by atoms with Gasteiger partial charge in [-0.15, -0.1) is 0 Å². The van der Waals surface area contributed by atoms with Crippen LogP contribution in [0.2, 0.25) is 0 Å². The zero-order valence-electron chi connectivity index (χ0n) is 10.8. The third-order valence-corrected chi connectivity index (χ3v) is 3.81. The van der Waals surface area contributed by atoms with Crippen molar-refractivity contribution in [2.75, 3.05) is 13.1 Å². The highest BCUT2D eigenvalue weighted by Crippen LogP contribution is 2.27. The van der Waals surface area contributed by atoms with Gasteiger partial charge in [-0.2, -0.15) is 0 Å². The van der Waals surface area contributed by atoms with Gasteiger partial charge in [0.25, 0.3) is 0 Å². The summed E-state index contributed by atoms with van der Waals surface area (Å²) in [6.45, 7) is 13.4. The van der Waals surface area contributed by atoms with Crippen molar-refractivity contribution in [3.63, 3.8) is 0 Å². The number of hydrogen-bond acceptors (Lipinski definition) is 2. The molecule has 0 spiro atoms. The second kappa shape index (κ2) is 4.65. The highest BCUT2D eigenvalue weighted by atomic mass is 16.1. The molecule has 0 aromatic heterocycles. The Morgan fingerprint density at radius 1 is 1.47 bits per heavy atom. The molecule has 1 fully saturated rings. The molecule has 1 aliphatic rings. The predicted octanol–water partition coefficient (Wildman–Crippen LogP) is 2.72. The number of carbonyl (C=O) groups is 1. The van der Waals surface area contributed by atoms with Gasteiger partial charge >= 0.3 is 0 Å². The Kier molecular flexibility index (Phi) is 3.93. The van der Waals surface area contributed by atoms with E-state index in [2.05, 4.69) is 39.5 Å². The SMILES string of the molecule is CC1CC(=O)CCN1CC(C)C(C)(C)C. The van der Waals surface area contributed by atoms with Crippen molar-refractivity contribution in [1.82, 2.24) is 4.90 Å². The van der Waals surface area contributed by atoms with Gasteiger partial charge in [-0.05, 0) is 18.3 Å². The summed E-state index contributed by atoms with van der Waals surface area (Å²) in [5.41, 5.74) is 0.362. The molecule has 0 N–H and O–H groups in total. The van der Waals surface area contributed by atoms with E-state index in [4.69, 9.17) is 0 Å². The highest BCUT2D eigenvalue weighted by Gasteiger charge is 2.28. The van der Waals surface area contributed by atoms with Gasteiger partial charge in [0.2, 0.25) is 0 Å². The first-order valence-electron chi connectivity index (χ1n) is 6.06. The third kappa shape index (κ3) is 3.60. The van der Waals surface area contributed by atoms with E-state index in [0.717, 1.165) is 25.9 Å². The van der Waals surface area contributed by atoms with Crippen molar-refractivity contribution in [2.24, 2.45) is 11.3 Å². The summed E-state index contributed by atoms with van der Waals surface area (Å²) in [5.74, 6) is 1.11. The molecule has 2 atom stereocenters. The minimum atomic E-state index is 0.362. The Morgan fingerprint density at radius 3 is 2.53 bits per heavy atom. The minimum Gasteiger partial charge on any atom is -0.300 e. The first-order chi connectivity index (χ1) is 6.80. The molecule has 1 saturated heterocycles. The van der Waals surface area contributed by atoms with Crippen molar-refractivity contribution in [1.29, 1.82) is 0 Å². The van der Waals surface area contributed by atoms with Crippen molar-refractivity contribution in [3.05, 3.63) is 0 Å². The first-order valence-corrected chi connectivity index (χ1v) is 6.06. The average Bonchev–Trinajstić information content (AvgIpc) is 2.08. The molecule has 0 amide bonds. The second-order valence-electron chi connectivity index (χ2n) is 6.10. The quantitative estimate of drug-likeness (QED) is 0.700. The number of rotatable bonds is 2. The normalized spacial score (nSPS) is 26.7. The van der Waals surface area contributed by atoms with Gasteiger partial charge in [0, 0.05) is 32.0 Å². The molecule has 0 aromatic carbocycles. The molecule has 0 bridgehead atoms. The number of Topliss-reactive ketones (excluding diaryl/α,β-unsaturated/α-hetero) is 1. The molecule has 0 aromatic rings. The fourth-order valence-electron chi connectivity index (χ4n) is 1.95. The minimum absolute atomic E-state index is 0.362. The smallest absolute Gasteiger partial charge is 0.135 e. The lowest BCUT2D eigenvalue weighted by Gasteiger charge is -2.38. The highest BCUT2D eigenvalue weighted by molar-refractivity contribution is 5.79. The third-order valence-electron chi connectivity index (χ3n) is 3.81. The zero-order valence-corrected chi connectivity index (χ0v) is 10.8. The number of ketones is 1. The van der Waals surface area contributed by atoms with Crippen LogP contribution in [0.4, 0.5) is 0 Å². The van der Waals surface area contributed by atoms with E-state index < -0.39 is 0 Å². The van der Waals surface area contributed by atoms with E-state index in [1.54, 1.807) is 0 Å². The lowest BCUT2D eigenvalue weighted by Crippen LogP contribution is -2.44. The van der Waals surface area contributed by atoms with Crippen LogP contribution >= 0.6 is 0 Å². The van der Waals surface area contributed by atoms with Crippen LogP contribution in [-0.4, -0.2) is 29.8 Å². The number of hydrogen-bond donors (Lipinski definition) is 0. The summed E-state index contributed by atoms with van der Waals surface area (Å²) in [6.07, 6.45) is 1.50. The molecule has 1 heterocycles. The predicted molar refractivity (Wildman–Crippen MR) is 63.9 cm³/mol. The lowest BCUT2D eigenvalue weighted by molar-refractivity contribution is -0.123. The Balaban J connectivity index is 2.48. The molecule has 2 unspecified atom stereocenters. The van der Waals surface area contributed by atoms with Crippen molar-refractivity contribution in [2.45, 2.75) is 53.5 Å². The van der Waals surface area contributed by atoms with Gasteiger partial charge in [-0.1, -0.05) is 27.7 Å². The van der Waals surface area contributed by atoms with Crippen LogP contribution in [0, 0.1) is 11.3 Å². The second-order valence-corrected chi connectivity index (χ2v) is 6.10. The van der Waals surface area contributed by atoms with Crippen LogP contribution < -0.4 is 0 Å². The average molecular weight is 211 g/mol. The Bertz CT molecular complexity index is 229. The fraction of sp³-hybridized carbons (Fsp3) is 0.923. The number of carbonyl (C=O) groups excluding carboxylic acids is 1. The fourth-order valence-corrected chi connectivity index (χ4v) is 1.95. The van der Waals surface area contributed by atoms with Crippen molar-refractivity contribution < 1.29 is 4.79 Å². The molecule has 2 heteroatoms. The Labute approximate surface area is 94.0 Å². The molecule has 88 valence electrons. The Hall–Kier alpha value is -0.370. The standard InChI is InChI=1S/C13H25NO/c1-10(13(3,4)5)9-14-7-6-12(15)8-11(14)2/h10-11H,6-9H2,1-5H3. The summed E-state index contributed by atoms with van der Waals surface area (Å²) in [4.78, 5) is 13.7. The van der Waals surface area contributed by atoms with Crippen LogP contribution in [0.3, 0.4) is 0 Å². The number of piperidine rings is 1. The first kappa shape index (κ1) is 12.7. The molecule has 0 saturated carbocycles. The maximum Gasteiger partial charge on any atom is 0.135 e. The van der Waals surface area contributed by atoms with Crippen LogP contribution in [0.25, 0.3) is 0 Å². The topological polar surface area (TPSA) is 20.3 Å². The van der Waals surface area contributed by atoms with Crippen LogP contribution in [0.1, 0.15) is 47.5 Å². The molecular weight excluding hydrogens is 186 g/mol. The van der Waals surface area contributed by atoms with E-state index in [0.29, 0.717) is 23.2 Å². The summed E-state index contributed by atoms with van der Waals surface area (Å²) >= 11 is 0. The molecule has 1 rings (SSSR count). The summed E-state index contributed by atoms with van der Waals surface area (Å²) in [7, 11) is 0. The molecule has 0 aliphatic carbocycles. The van der Waals surface area contributed by atoms with E-state index in [1.165, 1.54) is 0 Å². The Morgan fingerprint density at radius 2 is 2.07 bits per heavy atom. The maximum atomic E-state index is 11.3. The lowest BCUT2D eigenvalue weighted by atomic mass is 9.81. The maximum absolute atomic E-state index is 11.3. The summed E-state index contributed by atoms with van der Waals surface area (Å²) in [6, 6.07) is 0.441. The molecule has 0 radical (unpaired) electrons.